The minimum atomic E-state index is 0.0930. The van der Waals surface area contributed by atoms with E-state index in [2.05, 4.69) is 28.1 Å². The van der Waals surface area contributed by atoms with Crippen molar-refractivity contribution in [2.75, 3.05) is 10.7 Å². The molecule has 29 heavy (non-hydrogen) atoms. The number of fused-ring (bicyclic) bond motifs is 1. The Labute approximate surface area is 186 Å². The fourth-order valence-electron chi connectivity index (χ4n) is 2.94. The number of thiazole rings is 1. The zero-order chi connectivity index (χ0) is 20.1. The molecule has 0 atom stereocenters. The summed E-state index contributed by atoms with van der Waals surface area (Å²) in [5.74, 6) is 0.834. The highest BCUT2D eigenvalue weighted by atomic mass is 79.9. The SMILES string of the molecule is O=C(CCSc1ccccc1)N(Cc1ccccc1)c1nc2ccc(Br)cc2s1. The molecule has 0 aliphatic carbocycles. The number of carbonyl (C=O) groups excluding carboxylic acids is 1. The molecular formula is C23H19BrN2OS2. The summed E-state index contributed by atoms with van der Waals surface area (Å²) in [4.78, 5) is 20.9. The molecule has 1 heterocycles. The van der Waals surface area contributed by atoms with E-state index in [0.717, 1.165) is 31.1 Å². The molecule has 4 rings (SSSR count). The van der Waals surface area contributed by atoms with Gasteiger partial charge in [-0.1, -0.05) is 75.8 Å². The predicted octanol–water partition coefficient (Wildman–Crippen LogP) is 6.77. The van der Waals surface area contributed by atoms with Crippen LogP contribution in [0.15, 0.2) is 88.2 Å². The van der Waals surface area contributed by atoms with E-state index in [9.17, 15) is 4.79 Å². The Morgan fingerprint density at radius 3 is 2.48 bits per heavy atom. The second-order valence-electron chi connectivity index (χ2n) is 6.49. The lowest BCUT2D eigenvalue weighted by molar-refractivity contribution is -0.118. The van der Waals surface area contributed by atoms with Crippen molar-refractivity contribution in [3.63, 3.8) is 0 Å². The molecule has 0 N–H and O–H groups in total. The Morgan fingerprint density at radius 2 is 1.72 bits per heavy atom. The average molecular weight is 483 g/mol. The van der Waals surface area contributed by atoms with Crippen LogP contribution in [0.3, 0.4) is 0 Å². The highest BCUT2D eigenvalue weighted by Crippen LogP contribution is 2.32. The molecule has 6 heteroatoms. The van der Waals surface area contributed by atoms with Crippen molar-refractivity contribution >= 4 is 60.3 Å². The first-order valence-electron chi connectivity index (χ1n) is 9.27. The van der Waals surface area contributed by atoms with E-state index in [-0.39, 0.29) is 5.91 Å². The molecule has 0 spiro atoms. The summed E-state index contributed by atoms with van der Waals surface area (Å²) in [5, 5.41) is 0.747. The van der Waals surface area contributed by atoms with E-state index >= 15 is 0 Å². The third kappa shape index (κ3) is 5.26. The van der Waals surface area contributed by atoms with Gasteiger partial charge in [0.05, 0.1) is 16.8 Å². The Balaban J connectivity index is 1.54. The standard InChI is InChI=1S/C23H19BrN2OS2/c24-18-11-12-20-21(15-18)29-23(25-20)26(16-17-7-3-1-4-8-17)22(27)13-14-28-19-9-5-2-6-10-19/h1-12,15H,13-14,16H2. The number of rotatable bonds is 7. The summed E-state index contributed by atoms with van der Waals surface area (Å²) in [5.41, 5.74) is 2.01. The van der Waals surface area contributed by atoms with Gasteiger partial charge >= 0.3 is 0 Å². The monoisotopic (exact) mass is 482 g/mol. The van der Waals surface area contributed by atoms with Gasteiger partial charge in [0.25, 0.3) is 0 Å². The molecule has 4 aromatic rings. The van der Waals surface area contributed by atoms with Gasteiger partial charge in [-0.15, -0.1) is 11.8 Å². The highest BCUT2D eigenvalue weighted by molar-refractivity contribution is 9.10. The highest BCUT2D eigenvalue weighted by Gasteiger charge is 2.20. The van der Waals surface area contributed by atoms with Gasteiger partial charge in [-0.2, -0.15) is 0 Å². The van der Waals surface area contributed by atoms with Crippen LogP contribution in [-0.2, 0) is 11.3 Å². The van der Waals surface area contributed by atoms with E-state index in [4.69, 9.17) is 4.98 Å². The lowest BCUT2D eigenvalue weighted by Crippen LogP contribution is -2.30. The molecule has 0 radical (unpaired) electrons. The van der Waals surface area contributed by atoms with Crippen molar-refractivity contribution in [2.45, 2.75) is 17.9 Å². The van der Waals surface area contributed by atoms with Crippen LogP contribution in [0.25, 0.3) is 10.2 Å². The van der Waals surface area contributed by atoms with E-state index in [1.54, 1.807) is 23.1 Å². The maximum absolute atomic E-state index is 13.2. The first-order chi connectivity index (χ1) is 14.2. The number of halogens is 1. The second kappa shape index (κ2) is 9.57. The summed E-state index contributed by atoms with van der Waals surface area (Å²) in [7, 11) is 0. The number of hydrogen-bond acceptors (Lipinski definition) is 4. The zero-order valence-electron chi connectivity index (χ0n) is 15.6. The minimum Gasteiger partial charge on any atom is -0.284 e. The number of anilines is 1. The Bertz CT molecular complexity index is 1100. The number of amides is 1. The summed E-state index contributed by atoms with van der Waals surface area (Å²) in [6.07, 6.45) is 0.464. The largest absolute Gasteiger partial charge is 0.284 e. The molecule has 1 aromatic heterocycles. The molecule has 3 aromatic carbocycles. The Morgan fingerprint density at radius 1 is 1.00 bits per heavy atom. The van der Waals surface area contributed by atoms with E-state index in [1.807, 2.05) is 71.6 Å². The van der Waals surface area contributed by atoms with Crippen molar-refractivity contribution in [3.05, 3.63) is 88.9 Å². The maximum atomic E-state index is 13.2. The third-order valence-corrected chi connectivity index (χ3v) is 6.93. The Kier molecular flexibility index (Phi) is 6.64. The number of hydrogen-bond donors (Lipinski definition) is 0. The third-order valence-electron chi connectivity index (χ3n) is 4.38. The zero-order valence-corrected chi connectivity index (χ0v) is 18.8. The topological polar surface area (TPSA) is 33.2 Å². The van der Waals surface area contributed by atoms with Crippen molar-refractivity contribution < 1.29 is 4.79 Å². The fourth-order valence-corrected chi connectivity index (χ4v) is 5.33. The van der Waals surface area contributed by atoms with E-state index in [0.29, 0.717) is 13.0 Å². The Hall–Kier alpha value is -2.15. The second-order valence-corrected chi connectivity index (χ2v) is 9.58. The number of aromatic nitrogens is 1. The van der Waals surface area contributed by atoms with Crippen LogP contribution in [0, 0.1) is 0 Å². The van der Waals surface area contributed by atoms with Crippen molar-refractivity contribution in [2.24, 2.45) is 0 Å². The molecule has 0 unspecified atom stereocenters. The lowest BCUT2D eigenvalue weighted by atomic mass is 10.2. The van der Waals surface area contributed by atoms with Gasteiger partial charge in [-0.3, -0.25) is 9.69 Å². The van der Waals surface area contributed by atoms with Gasteiger partial charge in [0, 0.05) is 21.5 Å². The molecule has 0 saturated heterocycles. The molecule has 0 aliphatic rings. The molecule has 0 bridgehead atoms. The van der Waals surface area contributed by atoms with Gasteiger partial charge in [0.15, 0.2) is 5.13 Å². The van der Waals surface area contributed by atoms with Gasteiger partial charge in [0.2, 0.25) is 5.91 Å². The molecule has 0 fully saturated rings. The van der Waals surface area contributed by atoms with Crippen molar-refractivity contribution in [3.8, 4) is 0 Å². The predicted molar refractivity (Wildman–Crippen MR) is 127 cm³/mol. The van der Waals surface area contributed by atoms with Crippen LogP contribution >= 0.6 is 39.0 Å². The number of carbonyl (C=O) groups is 1. The van der Waals surface area contributed by atoms with Crippen LogP contribution < -0.4 is 4.90 Å². The summed E-state index contributed by atoms with van der Waals surface area (Å²) < 4.78 is 2.08. The van der Waals surface area contributed by atoms with Crippen molar-refractivity contribution in [1.82, 2.24) is 4.98 Å². The maximum Gasteiger partial charge on any atom is 0.229 e. The smallest absolute Gasteiger partial charge is 0.229 e. The van der Waals surface area contributed by atoms with Crippen LogP contribution in [0.1, 0.15) is 12.0 Å². The fraction of sp³-hybridized carbons (Fsp3) is 0.130. The van der Waals surface area contributed by atoms with Gasteiger partial charge in [-0.05, 0) is 35.9 Å². The molecule has 0 saturated carbocycles. The minimum absolute atomic E-state index is 0.0930. The average Bonchev–Trinajstić information content (AvgIpc) is 3.16. The van der Waals surface area contributed by atoms with Crippen molar-refractivity contribution in [1.29, 1.82) is 0 Å². The van der Waals surface area contributed by atoms with Crippen LogP contribution in [0.4, 0.5) is 5.13 Å². The summed E-state index contributed by atoms with van der Waals surface area (Å²) in [6.45, 7) is 0.524. The molecule has 146 valence electrons. The lowest BCUT2D eigenvalue weighted by Gasteiger charge is -2.20. The summed E-state index contributed by atoms with van der Waals surface area (Å²) in [6, 6.07) is 26.3. The van der Waals surface area contributed by atoms with Gasteiger partial charge in [-0.25, -0.2) is 4.98 Å². The van der Waals surface area contributed by atoms with Crippen LogP contribution in [-0.4, -0.2) is 16.6 Å². The van der Waals surface area contributed by atoms with Gasteiger partial charge < -0.3 is 0 Å². The van der Waals surface area contributed by atoms with Crippen LogP contribution in [0.2, 0.25) is 0 Å². The molecule has 0 aliphatic heterocycles. The number of benzene rings is 3. The number of thioether (sulfide) groups is 1. The van der Waals surface area contributed by atoms with Crippen LogP contribution in [0.5, 0.6) is 0 Å². The molecule has 1 amide bonds. The summed E-state index contributed by atoms with van der Waals surface area (Å²) >= 11 is 6.77. The quantitative estimate of drug-likeness (QED) is 0.272. The van der Waals surface area contributed by atoms with E-state index in [1.165, 1.54) is 4.90 Å². The van der Waals surface area contributed by atoms with Gasteiger partial charge in [0.1, 0.15) is 0 Å². The first-order valence-corrected chi connectivity index (χ1v) is 11.9. The number of nitrogens with zero attached hydrogens (tertiary/aromatic N) is 2. The first kappa shape index (κ1) is 20.1. The normalized spacial score (nSPS) is 10.9. The molecular weight excluding hydrogens is 464 g/mol. The van der Waals surface area contributed by atoms with E-state index < -0.39 is 0 Å². The molecule has 3 nitrogen and oxygen atoms in total.